The number of aromatic nitrogens is 3. The fourth-order valence-electron chi connectivity index (χ4n) is 2.39. The number of carbonyl (C=O) groups excluding carboxylic acids is 2. The van der Waals surface area contributed by atoms with Crippen molar-refractivity contribution in [2.45, 2.75) is 13.1 Å². The van der Waals surface area contributed by atoms with Crippen LogP contribution in [0.3, 0.4) is 0 Å². The number of carbonyl (C=O) groups is 2. The number of nitrogens with one attached hydrogen (secondary N) is 2. The lowest BCUT2D eigenvalue weighted by Crippen LogP contribution is -2.45. The highest BCUT2D eigenvalue weighted by molar-refractivity contribution is 5.83. The highest BCUT2D eigenvalue weighted by Crippen LogP contribution is 2.07. The van der Waals surface area contributed by atoms with Gasteiger partial charge in [0.15, 0.2) is 0 Å². The Morgan fingerprint density at radius 3 is 2.38 bits per heavy atom. The second-order valence-electron chi connectivity index (χ2n) is 5.45. The number of fused-ring (bicyclic) bond motifs is 1. The molecular formula is C17H15N5O4. The Labute approximate surface area is 146 Å². The first kappa shape index (κ1) is 17.1. The number of hydrazine groups is 1. The average molecular weight is 353 g/mol. The Morgan fingerprint density at radius 1 is 0.923 bits per heavy atom. The molecule has 2 amide bonds. The SMILES string of the molecule is O=C(Cn1ccccc1=O)NNC(=O)Cn1ncc(=O)c2ccccc21. The summed E-state index contributed by atoms with van der Waals surface area (Å²) in [5.74, 6) is -1.08. The van der Waals surface area contributed by atoms with E-state index in [1.54, 1.807) is 36.4 Å². The summed E-state index contributed by atoms with van der Waals surface area (Å²) < 4.78 is 2.57. The molecule has 0 unspecified atom stereocenters. The molecule has 0 bridgehead atoms. The van der Waals surface area contributed by atoms with E-state index < -0.39 is 11.8 Å². The highest BCUT2D eigenvalue weighted by atomic mass is 16.2. The van der Waals surface area contributed by atoms with Crippen LogP contribution in [0, 0.1) is 0 Å². The van der Waals surface area contributed by atoms with Crippen molar-refractivity contribution in [3.05, 3.63) is 75.4 Å². The molecule has 0 saturated carbocycles. The van der Waals surface area contributed by atoms with E-state index in [1.165, 1.54) is 21.5 Å². The second kappa shape index (κ2) is 7.43. The number of hydrogen-bond acceptors (Lipinski definition) is 5. The zero-order chi connectivity index (χ0) is 18.5. The topological polar surface area (TPSA) is 115 Å². The van der Waals surface area contributed by atoms with Gasteiger partial charge in [-0.3, -0.25) is 34.7 Å². The molecule has 9 nitrogen and oxygen atoms in total. The summed E-state index contributed by atoms with van der Waals surface area (Å²) in [6.07, 6.45) is 2.61. The first-order chi connectivity index (χ1) is 12.5. The maximum absolute atomic E-state index is 12.0. The number of rotatable bonds is 4. The molecule has 0 saturated heterocycles. The minimum Gasteiger partial charge on any atom is -0.306 e. The van der Waals surface area contributed by atoms with E-state index in [-0.39, 0.29) is 24.1 Å². The minimum atomic E-state index is -0.552. The molecule has 26 heavy (non-hydrogen) atoms. The van der Waals surface area contributed by atoms with Crippen LogP contribution < -0.4 is 21.8 Å². The van der Waals surface area contributed by atoms with Crippen molar-refractivity contribution < 1.29 is 9.59 Å². The van der Waals surface area contributed by atoms with Crippen molar-refractivity contribution in [2.24, 2.45) is 0 Å². The molecule has 2 N–H and O–H groups in total. The summed E-state index contributed by atoms with van der Waals surface area (Å²) in [4.78, 5) is 47.2. The minimum absolute atomic E-state index is 0.188. The normalized spacial score (nSPS) is 10.5. The quantitative estimate of drug-likeness (QED) is 0.608. The van der Waals surface area contributed by atoms with E-state index in [9.17, 15) is 19.2 Å². The van der Waals surface area contributed by atoms with Crippen LogP contribution in [0.4, 0.5) is 0 Å². The molecule has 0 atom stereocenters. The van der Waals surface area contributed by atoms with Gasteiger partial charge in [0.05, 0.1) is 11.7 Å². The van der Waals surface area contributed by atoms with Crippen molar-refractivity contribution in [3.63, 3.8) is 0 Å². The molecule has 0 fully saturated rings. The lowest BCUT2D eigenvalue weighted by atomic mass is 10.2. The average Bonchev–Trinajstić information content (AvgIpc) is 2.64. The molecule has 0 aliphatic heterocycles. The summed E-state index contributed by atoms with van der Waals surface area (Å²) in [6, 6.07) is 11.3. The summed E-state index contributed by atoms with van der Waals surface area (Å²) in [6.45, 7) is -0.411. The zero-order valence-corrected chi connectivity index (χ0v) is 13.6. The second-order valence-corrected chi connectivity index (χ2v) is 5.45. The fraction of sp³-hybridized carbons (Fsp3) is 0.118. The van der Waals surface area contributed by atoms with Gasteiger partial charge in [-0.05, 0) is 18.2 Å². The monoisotopic (exact) mass is 353 g/mol. The third-order valence-electron chi connectivity index (χ3n) is 3.61. The largest absolute Gasteiger partial charge is 0.306 e. The van der Waals surface area contributed by atoms with Crippen molar-refractivity contribution >= 4 is 22.7 Å². The van der Waals surface area contributed by atoms with Gasteiger partial charge >= 0.3 is 0 Å². The van der Waals surface area contributed by atoms with Crippen LogP contribution in [0.25, 0.3) is 10.9 Å². The number of para-hydroxylation sites is 1. The molecule has 0 aliphatic carbocycles. The van der Waals surface area contributed by atoms with Crippen molar-refractivity contribution in [2.75, 3.05) is 0 Å². The Morgan fingerprint density at radius 2 is 1.62 bits per heavy atom. The fourth-order valence-corrected chi connectivity index (χ4v) is 2.39. The van der Waals surface area contributed by atoms with Crippen LogP contribution in [0.5, 0.6) is 0 Å². The third-order valence-corrected chi connectivity index (χ3v) is 3.61. The van der Waals surface area contributed by atoms with Crippen molar-refractivity contribution in [1.29, 1.82) is 0 Å². The molecule has 0 spiro atoms. The maximum atomic E-state index is 12.0. The van der Waals surface area contributed by atoms with Gasteiger partial charge in [0.25, 0.3) is 17.4 Å². The van der Waals surface area contributed by atoms with Crippen LogP contribution in [0.2, 0.25) is 0 Å². The van der Waals surface area contributed by atoms with E-state index in [4.69, 9.17) is 0 Å². The molecule has 1 aromatic carbocycles. The van der Waals surface area contributed by atoms with Gasteiger partial charge < -0.3 is 4.57 Å². The number of benzene rings is 1. The van der Waals surface area contributed by atoms with Crippen molar-refractivity contribution in [1.82, 2.24) is 25.2 Å². The van der Waals surface area contributed by atoms with Gasteiger partial charge in [0.1, 0.15) is 13.1 Å². The first-order valence-electron chi connectivity index (χ1n) is 7.72. The third kappa shape index (κ3) is 3.83. The van der Waals surface area contributed by atoms with Gasteiger partial charge in [0, 0.05) is 17.6 Å². The molecule has 9 heteroatoms. The number of amides is 2. The molecule has 3 aromatic rings. The molecule has 0 aliphatic rings. The molecule has 0 radical (unpaired) electrons. The van der Waals surface area contributed by atoms with Crippen molar-refractivity contribution in [3.8, 4) is 0 Å². The van der Waals surface area contributed by atoms with Gasteiger partial charge in [0.2, 0.25) is 5.43 Å². The van der Waals surface area contributed by atoms with Crippen LogP contribution in [0.15, 0.2) is 64.4 Å². The predicted octanol–water partition coefficient (Wildman–Crippen LogP) is -0.594. The number of pyridine rings is 1. The maximum Gasteiger partial charge on any atom is 0.260 e. The van der Waals surface area contributed by atoms with E-state index in [1.807, 2.05) is 0 Å². The Hall–Kier alpha value is -3.75. The van der Waals surface area contributed by atoms with Crippen LogP contribution >= 0.6 is 0 Å². The van der Waals surface area contributed by atoms with Gasteiger partial charge in [-0.25, -0.2) is 0 Å². The molecule has 2 aromatic heterocycles. The Bertz CT molecular complexity index is 1090. The lowest BCUT2D eigenvalue weighted by Gasteiger charge is -2.11. The summed E-state index contributed by atoms with van der Waals surface area (Å²) in [5, 5.41) is 4.39. The van der Waals surface area contributed by atoms with E-state index >= 15 is 0 Å². The summed E-state index contributed by atoms with van der Waals surface area (Å²) in [5.41, 5.74) is 4.45. The van der Waals surface area contributed by atoms with Gasteiger partial charge in [-0.1, -0.05) is 18.2 Å². The Kier molecular flexibility index (Phi) is 4.88. The summed E-state index contributed by atoms with van der Waals surface area (Å²) in [7, 11) is 0. The highest BCUT2D eigenvalue weighted by Gasteiger charge is 2.09. The molecule has 2 heterocycles. The van der Waals surface area contributed by atoms with Crippen LogP contribution in [-0.2, 0) is 22.7 Å². The molecule has 132 valence electrons. The van der Waals surface area contributed by atoms with Crippen LogP contribution in [0.1, 0.15) is 0 Å². The van der Waals surface area contributed by atoms with E-state index in [2.05, 4.69) is 16.0 Å². The van der Waals surface area contributed by atoms with Gasteiger partial charge in [-0.2, -0.15) is 5.10 Å². The Balaban J connectivity index is 1.62. The number of hydrogen-bond donors (Lipinski definition) is 2. The molecule has 3 rings (SSSR count). The summed E-state index contributed by atoms with van der Waals surface area (Å²) >= 11 is 0. The van der Waals surface area contributed by atoms with Gasteiger partial charge in [-0.15, -0.1) is 0 Å². The first-order valence-corrected chi connectivity index (χ1v) is 7.72. The van der Waals surface area contributed by atoms with E-state index in [0.29, 0.717) is 10.9 Å². The van der Waals surface area contributed by atoms with Crippen LogP contribution in [-0.4, -0.2) is 26.2 Å². The molecular weight excluding hydrogens is 338 g/mol. The van der Waals surface area contributed by atoms with E-state index in [0.717, 1.165) is 6.20 Å². The predicted molar refractivity (Wildman–Crippen MR) is 93.0 cm³/mol. The lowest BCUT2D eigenvalue weighted by molar-refractivity contribution is -0.129. The number of nitrogens with zero attached hydrogens (tertiary/aromatic N) is 3. The zero-order valence-electron chi connectivity index (χ0n) is 13.6. The standard InChI is InChI=1S/C17H15N5O4/c23-14-9-18-22(13-6-2-1-5-12(13)14)11-16(25)20-19-15(24)10-21-8-4-3-7-17(21)26/h1-9H,10-11H2,(H,19,24)(H,20,25). The smallest absolute Gasteiger partial charge is 0.260 e.